The number of rotatable bonds is 2. The minimum Gasteiger partial charge on any atom is -0.434 e. The predicted octanol–water partition coefficient (Wildman–Crippen LogP) is 4.07. The van der Waals surface area contributed by atoms with Gasteiger partial charge < -0.3 is 14.6 Å². The van der Waals surface area contributed by atoms with Gasteiger partial charge in [0.05, 0.1) is 23.1 Å². The Hall–Kier alpha value is -2.67. The van der Waals surface area contributed by atoms with Crippen LogP contribution >= 0.6 is 11.6 Å². The van der Waals surface area contributed by atoms with E-state index < -0.39 is 6.61 Å². The third-order valence-corrected chi connectivity index (χ3v) is 5.16. The van der Waals surface area contributed by atoms with Gasteiger partial charge in [0, 0.05) is 16.1 Å². The summed E-state index contributed by atoms with van der Waals surface area (Å²) >= 11 is 6.14. The normalized spacial score (nSPS) is 20.7. The van der Waals surface area contributed by atoms with Gasteiger partial charge >= 0.3 is 6.61 Å². The molecular formula is C18H12ClF2N3O2. The Morgan fingerprint density at radius 3 is 2.96 bits per heavy atom. The van der Waals surface area contributed by atoms with Crippen molar-refractivity contribution < 1.29 is 18.3 Å². The standard InChI is InChI=1S/C18H12ClF2N3O2/c19-8-4-5-10-12(6-8)24-13-7-11(16(24)22-10)23-17(25)9-2-1-3-14(15(9)13)26-18(20)21/h1-6,11,13,18H,7H2,(H,23,25)/t11-,13-/m1/s1. The molecule has 2 aliphatic rings. The van der Waals surface area contributed by atoms with Gasteiger partial charge in [-0.15, -0.1) is 0 Å². The summed E-state index contributed by atoms with van der Waals surface area (Å²) in [6.07, 6.45) is 0.521. The van der Waals surface area contributed by atoms with Crippen LogP contribution in [0.5, 0.6) is 5.75 Å². The van der Waals surface area contributed by atoms with Gasteiger partial charge in [-0.1, -0.05) is 17.7 Å². The van der Waals surface area contributed by atoms with E-state index in [1.165, 1.54) is 6.07 Å². The van der Waals surface area contributed by atoms with E-state index in [9.17, 15) is 13.6 Å². The molecule has 2 aromatic carbocycles. The van der Waals surface area contributed by atoms with Crippen molar-refractivity contribution >= 4 is 28.5 Å². The number of fused-ring (bicyclic) bond motifs is 9. The van der Waals surface area contributed by atoms with Gasteiger partial charge in [-0.05, 0) is 36.8 Å². The molecular weight excluding hydrogens is 364 g/mol. The van der Waals surface area contributed by atoms with Crippen molar-refractivity contribution in [1.29, 1.82) is 0 Å². The van der Waals surface area contributed by atoms with E-state index in [2.05, 4.69) is 10.3 Å². The molecule has 8 heteroatoms. The van der Waals surface area contributed by atoms with Gasteiger partial charge in [0.2, 0.25) is 0 Å². The van der Waals surface area contributed by atoms with E-state index in [0.29, 0.717) is 28.4 Å². The highest BCUT2D eigenvalue weighted by Gasteiger charge is 2.42. The summed E-state index contributed by atoms with van der Waals surface area (Å²) in [6, 6.07) is 9.32. The van der Waals surface area contributed by atoms with Crippen molar-refractivity contribution in [2.24, 2.45) is 0 Å². The summed E-state index contributed by atoms with van der Waals surface area (Å²) < 4.78 is 32.5. The molecule has 2 atom stereocenters. The number of nitrogens with one attached hydrogen (secondary N) is 1. The first-order valence-corrected chi connectivity index (χ1v) is 8.46. The highest BCUT2D eigenvalue weighted by molar-refractivity contribution is 6.31. The Morgan fingerprint density at radius 2 is 2.15 bits per heavy atom. The topological polar surface area (TPSA) is 56.1 Å². The molecule has 0 aliphatic carbocycles. The zero-order chi connectivity index (χ0) is 18.0. The molecule has 3 aromatic rings. The molecule has 0 unspecified atom stereocenters. The van der Waals surface area contributed by atoms with Crippen LogP contribution in [0.1, 0.15) is 40.3 Å². The van der Waals surface area contributed by atoms with Crippen LogP contribution < -0.4 is 10.1 Å². The van der Waals surface area contributed by atoms with Crippen LogP contribution in [0.25, 0.3) is 11.0 Å². The van der Waals surface area contributed by atoms with Crippen LogP contribution in [0.2, 0.25) is 5.02 Å². The number of halogens is 3. The summed E-state index contributed by atoms with van der Waals surface area (Å²) in [7, 11) is 0. The number of carbonyl (C=O) groups excluding carboxylic acids is 1. The largest absolute Gasteiger partial charge is 0.434 e. The molecule has 132 valence electrons. The van der Waals surface area contributed by atoms with Crippen molar-refractivity contribution in [1.82, 2.24) is 14.9 Å². The Bertz CT molecular complexity index is 1070. The molecule has 0 radical (unpaired) electrons. The number of carbonyl (C=O) groups is 1. The molecule has 2 aliphatic heterocycles. The van der Waals surface area contributed by atoms with Crippen LogP contribution in [-0.2, 0) is 0 Å². The van der Waals surface area contributed by atoms with Crippen molar-refractivity contribution in [2.45, 2.75) is 25.1 Å². The molecule has 5 rings (SSSR count). The average Bonchev–Trinajstić information content (AvgIpc) is 3.07. The lowest BCUT2D eigenvalue weighted by atomic mass is 9.97. The summed E-state index contributed by atoms with van der Waals surface area (Å²) in [4.78, 5) is 17.2. The van der Waals surface area contributed by atoms with Crippen molar-refractivity contribution in [2.75, 3.05) is 0 Å². The fourth-order valence-electron chi connectivity index (χ4n) is 3.98. The van der Waals surface area contributed by atoms with Crippen LogP contribution in [0.15, 0.2) is 36.4 Å². The van der Waals surface area contributed by atoms with Crippen LogP contribution in [-0.4, -0.2) is 22.1 Å². The summed E-state index contributed by atoms with van der Waals surface area (Å²) in [5.74, 6) is 0.386. The fourth-order valence-corrected chi connectivity index (χ4v) is 4.15. The molecule has 1 amide bonds. The monoisotopic (exact) mass is 375 g/mol. The van der Waals surface area contributed by atoms with Gasteiger partial charge in [-0.2, -0.15) is 8.78 Å². The van der Waals surface area contributed by atoms with E-state index in [0.717, 1.165) is 11.0 Å². The number of aromatic nitrogens is 2. The van der Waals surface area contributed by atoms with E-state index in [-0.39, 0.29) is 23.7 Å². The average molecular weight is 376 g/mol. The summed E-state index contributed by atoms with van der Waals surface area (Å²) in [5.41, 5.74) is 2.33. The first kappa shape index (κ1) is 15.6. The molecule has 5 nitrogen and oxygen atoms in total. The number of alkyl halides is 2. The second kappa shape index (κ2) is 5.41. The van der Waals surface area contributed by atoms with Crippen molar-refractivity contribution in [3.8, 4) is 5.75 Å². The number of imidazole rings is 1. The lowest BCUT2D eigenvalue weighted by Crippen LogP contribution is -2.28. The lowest BCUT2D eigenvalue weighted by Gasteiger charge is -2.21. The maximum absolute atomic E-state index is 12.9. The molecule has 26 heavy (non-hydrogen) atoms. The molecule has 0 spiro atoms. The third kappa shape index (κ3) is 2.13. The number of amides is 1. The number of ether oxygens (including phenoxy) is 1. The number of benzene rings is 2. The molecule has 0 saturated heterocycles. The lowest BCUT2D eigenvalue weighted by molar-refractivity contribution is -0.0507. The van der Waals surface area contributed by atoms with Crippen LogP contribution in [0, 0.1) is 0 Å². The van der Waals surface area contributed by atoms with Crippen molar-refractivity contribution in [3.05, 3.63) is 58.4 Å². The van der Waals surface area contributed by atoms with Gasteiger partial charge in [-0.3, -0.25) is 4.79 Å². The Kier molecular flexibility index (Phi) is 3.24. The highest BCUT2D eigenvalue weighted by Crippen LogP contribution is 2.47. The summed E-state index contributed by atoms with van der Waals surface area (Å²) in [5, 5.41) is 3.50. The van der Waals surface area contributed by atoms with E-state index in [1.54, 1.807) is 30.3 Å². The second-order valence-corrected chi connectivity index (χ2v) is 6.78. The first-order chi connectivity index (χ1) is 12.5. The van der Waals surface area contributed by atoms with Crippen molar-refractivity contribution in [3.63, 3.8) is 0 Å². The van der Waals surface area contributed by atoms with Gasteiger partial charge in [0.15, 0.2) is 0 Å². The molecule has 1 aromatic heterocycles. The van der Waals surface area contributed by atoms with Crippen LogP contribution in [0.4, 0.5) is 8.78 Å². The van der Waals surface area contributed by atoms with Gasteiger partial charge in [0.1, 0.15) is 11.6 Å². The predicted molar refractivity (Wildman–Crippen MR) is 90.8 cm³/mol. The Labute approximate surface area is 151 Å². The molecule has 0 saturated carbocycles. The second-order valence-electron chi connectivity index (χ2n) is 6.35. The maximum atomic E-state index is 12.9. The molecule has 0 fully saturated rings. The molecule has 1 N–H and O–H groups in total. The zero-order valence-corrected chi connectivity index (χ0v) is 14.0. The Morgan fingerprint density at radius 1 is 1.31 bits per heavy atom. The highest BCUT2D eigenvalue weighted by atomic mass is 35.5. The zero-order valence-electron chi connectivity index (χ0n) is 13.2. The minimum absolute atomic E-state index is 0.00929. The molecule has 2 bridgehead atoms. The minimum atomic E-state index is -2.97. The third-order valence-electron chi connectivity index (χ3n) is 4.93. The van der Waals surface area contributed by atoms with Crippen LogP contribution in [0.3, 0.4) is 0 Å². The Balaban J connectivity index is 1.79. The fraction of sp³-hybridized carbons (Fsp3) is 0.222. The van der Waals surface area contributed by atoms with E-state index >= 15 is 0 Å². The SMILES string of the molecule is O=C1N[C@@H]2C[C@H](c3c(OC(F)F)cccc31)n1c2nc2ccc(Cl)cc21. The number of hydrogen-bond donors (Lipinski definition) is 1. The van der Waals surface area contributed by atoms with Gasteiger partial charge in [0.25, 0.3) is 5.91 Å². The maximum Gasteiger partial charge on any atom is 0.387 e. The van der Waals surface area contributed by atoms with Gasteiger partial charge in [-0.25, -0.2) is 4.98 Å². The van der Waals surface area contributed by atoms with E-state index in [4.69, 9.17) is 16.3 Å². The first-order valence-electron chi connectivity index (χ1n) is 8.09. The summed E-state index contributed by atoms with van der Waals surface area (Å²) in [6.45, 7) is -2.97. The smallest absolute Gasteiger partial charge is 0.387 e. The van der Waals surface area contributed by atoms with E-state index in [1.807, 2.05) is 4.57 Å². The number of hydrogen-bond acceptors (Lipinski definition) is 3. The molecule has 3 heterocycles. The quantitative estimate of drug-likeness (QED) is 0.734. The number of nitrogens with zero attached hydrogens (tertiary/aromatic N) is 2.